The summed E-state index contributed by atoms with van der Waals surface area (Å²) in [6.07, 6.45) is 0.165. The molecular weight excluding hydrogens is 305 g/mol. The fourth-order valence-electron chi connectivity index (χ4n) is 1.91. The summed E-state index contributed by atoms with van der Waals surface area (Å²) in [6, 6.07) is 0.537. The minimum atomic E-state index is -4.24. The lowest BCUT2D eigenvalue weighted by Crippen LogP contribution is -2.38. The number of sulfonamides is 1. The molecule has 1 aliphatic heterocycles. The maximum Gasteiger partial charge on any atom is 0.335 e. The molecule has 1 aliphatic rings. The molecule has 0 saturated carbocycles. The predicted octanol–water partition coefficient (Wildman–Crippen LogP) is 0.426. The summed E-state index contributed by atoms with van der Waals surface area (Å²) in [4.78, 5) is 21.7. The van der Waals surface area contributed by atoms with E-state index in [1.807, 2.05) is 0 Å². The molecule has 114 valence electrons. The Balaban J connectivity index is 2.44. The molecule has 1 aromatic carbocycles. The first kappa shape index (κ1) is 15.4. The van der Waals surface area contributed by atoms with Gasteiger partial charge in [0.05, 0.1) is 17.1 Å². The Labute approximate surface area is 119 Å². The van der Waals surface area contributed by atoms with E-state index in [1.165, 1.54) is 6.92 Å². The third-order valence-electron chi connectivity index (χ3n) is 3.07. The quantitative estimate of drug-likeness (QED) is 0.779. The molecule has 1 aromatic rings. The van der Waals surface area contributed by atoms with Gasteiger partial charge in [0.1, 0.15) is 11.9 Å². The Kier molecular flexibility index (Phi) is 3.97. The van der Waals surface area contributed by atoms with E-state index in [-0.39, 0.29) is 18.6 Å². The maximum absolute atomic E-state index is 13.7. The fourth-order valence-corrected chi connectivity index (χ4v) is 3.41. The van der Waals surface area contributed by atoms with Gasteiger partial charge in [-0.1, -0.05) is 0 Å². The topological polar surface area (TPSA) is 110 Å². The predicted molar refractivity (Wildman–Crippen MR) is 67.8 cm³/mol. The minimum absolute atomic E-state index is 0.0918. The van der Waals surface area contributed by atoms with Gasteiger partial charge < -0.3 is 9.84 Å². The number of carbonyl (C=O) groups excluding carboxylic acids is 1. The second-order valence-corrected chi connectivity index (χ2v) is 6.20. The first-order valence-electron chi connectivity index (χ1n) is 5.95. The third-order valence-corrected chi connectivity index (χ3v) is 4.66. The second-order valence-electron chi connectivity index (χ2n) is 4.52. The van der Waals surface area contributed by atoms with E-state index in [2.05, 4.69) is 9.46 Å². The van der Waals surface area contributed by atoms with Gasteiger partial charge in [-0.3, -0.25) is 4.79 Å². The average molecular weight is 317 g/mol. The highest BCUT2D eigenvalue weighted by Gasteiger charge is 2.32. The zero-order chi connectivity index (χ0) is 15.8. The van der Waals surface area contributed by atoms with Crippen LogP contribution in [0.4, 0.5) is 4.39 Å². The van der Waals surface area contributed by atoms with Crippen molar-refractivity contribution in [2.45, 2.75) is 24.3 Å². The number of cyclic esters (lactones) is 1. The average Bonchev–Trinajstić information content (AvgIpc) is 2.77. The molecule has 0 amide bonds. The van der Waals surface area contributed by atoms with Gasteiger partial charge in [0, 0.05) is 12.0 Å². The van der Waals surface area contributed by atoms with Gasteiger partial charge in [-0.05, 0) is 19.1 Å². The van der Waals surface area contributed by atoms with E-state index >= 15 is 0 Å². The Morgan fingerprint density at radius 1 is 1.48 bits per heavy atom. The van der Waals surface area contributed by atoms with Crippen molar-refractivity contribution in [1.82, 2.24) is 4.72 Å². The monoisotopic (exact) mass is 317 g/mol. The van der Waals surface area contributed by atoms with Gasteiger partial charge in [0.15, 0.2) is 0 Å². The number of carboxylic acids is 1. The van der Waals surface area contributed by atoms with E-state index in [0.717, 1.165) is 12.1 Å². The van der Waals surface area contributed by atoms with E-state index in [0.29, 0.717) is 0 Å². The fraction of sp³-hybridized carbons (Fsp3) is 0.333. The normalized spacial score (nSPS) is 18.6. The van der Waals surface area contributed by atoms with E-state index < -0.39 is 44.3 Å². The van der Waals surface area contributed by atoms with Crippen LogP contribution in [0.2, 0.25) is 0 Å². The molecule has 2 rings (SSSR count). The van der Waals surface area contributed by atoms with E-state index in [9.17, 15) is 22.4 Å². The van der Waals surface area contributed by atoms with Crippen LogP contribution in [0.5, 0.6) is 0 Å². The number of nitrogens with one attached hydrogen (secondary N) is 1. The van der Waals surface area contributed by atoms with Crippen LogP contribution in [0, 0.1) is 12.7 Å². The van der Waals surface area contributed by atoms with Gasteiger partial charge >= 0.3 is 11.9 Å². The van der Waals surface area contributed by atoms with Crippen molar-refractivity contribution in [3.8, 4) is 0 Å². The molecule has 1 unspecified atom stereocenters. The van der Waals surface area contributed by atoms with Crippen molar-refractivity contribution in [3.63, 3.8) is 0 Å². The smallest absolute Gasteiger partial charge is 0.335 e. The number of esters is 1. The molecule has 1 saturated heterocycles. The highest BCUT2D eigenvalue weighted by atomic mass is 32.2. The summed E-state index contributed by atoms with van der Waals surface area (Å²) in [5.74, 6) is -3.12. The van der Waals surface area contributed by atoms with Crippen molar-refractivity contribution in [3.05, 3.63) is 29.1 Å². The summed E-state index contributed by atoms with van der Waals surface area (Å²) in [5, 5.41) is 8.86. The second kappa shape index (κ2) is 5.41. The lowest BCUT2D eigenvalue weighted by molar-refractivity contribution is -0.139. The van der Waals surface area contributed by atoms with Crippen LogP contribution in [0.25, 0.3) is 0 Å². The number of ether oxygens (including phenoxy) is 1. The Morgan fingerprint density at radius 2 is 2.14 bits per heavy atom. The number of benzene rings is 1. The van der Waals surface area contributed by atoms with Crippen molar-refractivity contribution >= 4 is 22.0 Å². The molecule has 1 fully saturated rings. The molecule has 0 aromatic heterocycles. The molecular formula is C12H12FNO6S. The molecule has 7 nitrogen and oxygen atoms in total. The summed E-state index contributed by atoms with van der Waals surface area (Å²) in [7, 11) is -4.24. The summed E-state index contributed by atoms with van der Waals surface area (Å²) in [5.41, 5.74) is -0.716. The van der Waals surface area contributed by atoms with E-state index in [4.69, 9.17) is 5.11 Å². The van der Waals surface area contributed by atoms with Crippen LogP contribution in [0.1, 0.15) is 22.3 Å². The number of carboxylic acid groups (broad SMARTS) is 1. The van der Waals surface area contributed by atoms with Gasteiger partial charge in [-0.15, -0.1) is 0 Å². The Hall–Kier alpha value is -2.00. The number of hydrogen-bond acceptors (Lipinski definition) is 5. The number of carbonyl (C=O) groups is 2. The molecule has 0 bridgehead atoms. The molecule has 0 spiro atoms. The van der Waals surface area contributed by atoms with Crippen LogP contribution < -0.4 is 4.72 Å². The molecule has 9 heteroatoms. The molecule has 1 heterocycles. The molecule has 0 aliphatic carbocycles. The summed E-state index contributed by atoms with van der Waals surface area (Å²) in [6.45, 7) is 1.30. The zero-order valence-corrected chi connectivity index (χ0v) is 11.7. The van der Waals surface area contributed by atoms with Crippen LogP contribution >= 0.6 is 0 Å². The lowest BCUT2D eigenvalue weighted by Gasteiger charge is -2.13. The first-order valence-corrected chi connectivity index (χ1v) is 7.43. The van der Waals surface area contributed by atoms with E-state index in [1.54, 1.807) is 0 Å². The number of rotatable bonds is 4. The van der Waals surface area contributed by atoms with Crippen molar-refractivity contribution in [2.75, 3.05) is 6.61 Å². The highest BCUT2D eigenvalue weighted by Crippen LogP contribution is 2.22. The van der Waals surface area contributed by atoms with Crippen LogP contribution in [0.15, 0.2) is 17.0 Å². The largest absolute Gasteiger partial charge is 0.478 e. The van der Waals surface area contributed by atoms with Gasteiger partial charge in [0.25, 0.3) is 0 Å². The number of halogens is 1. The summed E-state index contributed by atoms with van der Waals surface area (Å²) >= 11 is 0. The molecule has 1 atom stereocenters. The lowest BCUT2D eigenvalue weighted by atomic mass is 10.1. The third kappa shape index (κ3) is 3.03. The first-order chi connectivity index (χ1) is 9.72. The van der Waals surface area contributed by atoms with Crippen molar-refractivity contribution < 1.29 is 32.2 Å². The SMILES string of the molecule is Cc1c(F)cc(C(=O)O)cc1S(=O)(=O)NC1CCOC1=O. The van der Waals surface area contributed by atoms with Gasteiger partial charge in [-0.25, -0.2) is 17.6 Å². The van der Waals surface area contributed by atoms with Gasteiger partial charge in [0.2, 0.25) is 10.0 Å². The number of aromatic carboxylic acids is 1. The molecule has 21 heavy (non-hydrogen) atoms. The Morgan fingerprint density at radius 3 is 2.67 bits per heavy atom. The highest BCUT2D eigenvalue weighted by molar-refractivity contribution is 7.89. The minimum Gasteiger partial charge on any atom is -0.478 e. The summed E-state index contributed by atoms with van der Waals surface area (Å²) < 4.78 is 44.8. The van der Waals surface area contributed by atoms with Crippen molar-refractivity contribution in [1.29, 1.82) is 0 Å². The number of hydrogen-bond donors (Lipinski definition) is 2. The van der Waals surface area contributed by atoms with Crippen LogP contribution in [-0.4, -0.2) is 38.1 Å². The Bertz CT molecular complexity index is 715. The van der Waals surface area contributed by atoms with Gasteiger partial charge in [-0.2, -0.15) is 4.72 Å². The molecule has 2 N–H and O–H groups in total. The van der Waals surface area contributed by atoms with Crippen LogP contribution in [-0.2, 0) is 19.6 Å². The zero-order valence-electron chi connectivity index (χ0n) is 10.9. The van der Waals surface area contributed by atoms with Crippen LogP contribution in [0.3, 0.4) is 0 Å². The van der Waals surface area contributed by atoms with Crippen molar-refractivity contribution in [2.24, 2.45) is 0 Å². The molecule has 0 radical (unpaired) electrons. The standard InChI is InChI=1S/C12H12FNO6S/c1-6-8(13)4-7(11(15)16)5-10(6)21(18,19)14-9-2-3-20-12(9)17/h4-5,9,14H,2-3H2,1H3,(H,15,16). The maximum atomic E-state index is 13.7.